The average molecular weight is 272 g/mol. The molecule has 1 aromatic heterocycles. The Bertz CT molecular complexity index is 612. The summed E-state index contributed by atoms with van der Waals surface area (Å²) in [5.74, 6) is -2.35. The molecule has 102 valence electrons. The van der Waals surface area contributed by atoms with Crippen LogP contribution in [-0.2, 0) is 9.59 Å². The van der Waals surface area contributed by atoms with Gasteiger partial charge in [0.1, 0.15) is 5.69 Å². The van der Waals surface area contributed by atoms with Crippen molar-refractivity contribution in [2.75, 3.05) is 4.90 Å². The Labute approximate surface area is 114 Å². The van der Waals surface area contributed by atoms with Crippen molar-refractivity contribution >= 4 is 23.5 Å². The van der Waals surface area contributed by atoms with Crippen LogP contribution in [0.1, 0.15) is 23.3 Å². The molecule has 2 heterocycles. The first-order valence-electron chi connectivity index (χ1n) is 6.31. The van der Waals surface area contributed by atoms with Crippen molar-refractivity contribution in [2.24, 2.45) is 11.8 Å². The maximum Gasteiger partial charge on any atom is 0.354 e. The van der Waals surface area contributed by atoms with Gasteiger partial charge in [0.25, 0.3) is 0 Å². The molecular weight excluding hydrogens is 260 g/mol. The molecule has 2 amide bonds. The quantitative estimate of drug-likeness (QED) is 0.646. The normalized spacial score (nSPS) is 24.9. The molecular formula is C14H12N2O4. The number of imide groups is 1. The highest BCUT2D eigenvalue weighted by Gasteiger charge is 2.47. The summed E-state index contributed by atoms with van der Waals surface area (Å²) in [6, 6.07) is 2.73. The molecule has 2 aliphatic rings. The van der Waals surface area contributed by atoms with Crippen LogP contribution in [0.3, 0.4) is 0 Å². The third kappa shape index (κ3) is 1.80. The van der Waals surface area contributed by atoms with Crippen LogP contribution < -0.4 is 4.90 Å². The summed E-state index contributed by atoms with van der Waals surface area (Å²) < 4.78 is 0. The van der Waals surface area contributed by atoms with Crippen LogP contribution in [0.5, 0.6) is 0 Å². The van der Waals surface area contributed by atoms with Gasteiger partial charge in [-0.05, 0) is 25.0 Å². The third-order valence-electron chi connectivity index (χ3n) is 3.73. The number of amides is 2. The number of nitrogens with zero attached hydrogens (tertiary/aromatic N) is 2. The van der Waals surface area contributed by atoms with Crippen LogP contribution in [0.2, 0.25) is 0 Å². The number of carboxylic acids is 1. The smallest absolute Gasteiger partial charge is 0.354 e. The first kappa shape index (κ1) is 12.5. The Hall–Kier alpha value is -2.50. The Morgan fingerprint density at radius 1 is 1.20 bits per heavy atom. The number of allylic oxidation sites excluding steroid dienone is 2. The van der Waals surface area contributed by atoms with Crippen molar-refractivity contribution in [3.05, 3.63) is 36.2 Å². The molecule has 20 heavy (non-hydrogen) atoms. The van der Waals surface area contributed by atoms with Crippen molar-refractivity contribution < 1.29 is 19.5 Å². The zero-order valence-electron chi connectivity index (χ0n) is 10.5. The van der Waals surface area contributed by atoms with E-state index < -0.39 is 5.97 Å². The molecule has 1 N–H and O–H groups in total. The van der Waals surface area contributed by atoms with Crippen LogP contribution in [0, 0.1) is 11.8 Å². The number of fused-ring (bicyclic) bond motifs is 1. The Morgan fingerprint density at radius 2 is 1.80 bits per heavy atom. The fraction of sp³-hybridized carbons (Fsp3) is 0.286. The van der Waals surface area contributed by atoms with E-state index in [-0.39, 0.29) is 35.0 Å². The molecule has 1 fully saturated rings. The maximum absolute atomic E-state index is 12.3. The SMILES string of the molecule is O=C(O)c1cc(N2C(=O)C3CC=CCC3C2=O)ccn1. The summed E-state index contributed by atoms with van der Waals surface area (Å²) in [7, 11) is 0. The molecule has 0 aromatic carbocycles. The molecule has 1 aliphatic carbocycles. The van der Waals surface area contributed by atoms with Crippen LogP contribution in [0.4, 0.5) is 5.69 Å². The molecule has 0 bridgehead atoms. The Balaban J connectivity index is 1.98. The minimum Gasteiger partial charge on any atom is -0.477 e. The lowest BCUT2D eigenvalue weighted by molar-refractivity contribution is -0.122. The number of rotatable bonds is 2. The van der Waals surface area contributed by atoms with Crippen LogP contribution in [0.25, 0.3) is 0 Å². The summed E-state index contributed by atoms with van der Waals surface area (Å²) in [4.78, 5) is 40.4. The van der Waals surface area contributed by atoms with Crippen LogP contribution in [0.15, 0.2) is 30.5 Å². The number of aromatic nitrogens is 1. The largest absolute Gasteiger partial charge is 0.477 e. The minimum atomic E-state index is -1.19. The molecule has 6 nitrogen and oxygen atoms in total. The van der Waals surface area contributed by atoms with Crippen molar-refractivity contribution in [1.82, 2.24) is 4.98 Å². The first-order valence-corrected chi connectivity index (χ1v) is 6.31. The van der Waals surface area contributed by atoms with Gasteiger partial charge in [0.05, 0.1) is 17.5 Å². The van der Waals surface area contributed by atoms with Crippen molar-refractivity contribution in [3.8, 4) is 0 Å². The number of carbonyl (C=O) groups excluding carboxylic acids is 2. The molecule has 0 radical (unpaired) electrons. The summed E-state index contributed by atoms with van der Waals surface area (Å²) >= 11 is 0. The zero-order valence-corrected chi connectivity index (χ0v) is 10.5. The van der Waals surface area contributed by atoms with E-state index in [1.807, 2.05) is 12.2 Å². The highest BCUT2D eigenvalue weighted by Crippen LogP contribution is 2.37. The maximum atomic E-state index is 12.3. The van der Waals surface area contributed by atoms with Gasteiger partial charge in [-0.3, -0.25) is 9.59 Å². The van der Waals surface area contributed by atoms with E-state index in [0.717, 1.165) is 4.90 Å². The monoisotopic (exact) mass is 272 g/mol. The molecule has 0 saturated carbocycles. The number of hydrogen-bond acceptors (Lipinski definition) is 4. The lowest BCUT2D eigenvalue weighted by atomic mass is 9.85. The molecule has 1 aromatic rings. The second kappa shape index (κ2) is 4.56. The molecule has 6 heteroatoms. The lowest BCUT2D eigenvalue weighted by Gasteiger charge is -2.14. The highest BCUT2D eigenvalue weighted by molar-refractivity contribution is 6.22. The standard InChI is InChI=1S/C14H12N2O4/c17-12-9-3-1-2-4-10(9)13(18)16(12)8-5-6-15-11(7-8)14(19)20/h1-2,5-7,9-10H,3-4H2,(H,19,20). The van der Waals surface area contributed by atoms with E-state index >= 15 is 0 Å². The van der Waals surface area contributed by atoms with Crippen LogP contribution >= 0.6 is 0 Å². The molecule has 2 atom stereocenters. The van der Waals surface area contributed by atoms with Gasteiger partial charge in [0.2, 0.25) is 11.8 Å². The molecule has 0 spiro atoms. The predicted molar refractivity (Wildman–Crippen MR) is 69.0 cm³/mol. The summed E-state index contributed by atoms with van der Waals surface area (Å²) in [6.45, 7) is 0. The number of hydrogen-bond donors (Lipinski definition) is 1. The number of aromatic carboxylic acids is 1. The van der Waals surface area contributed by atoms with Crippen molar-refractivity contribution in [2.45, 2.75) is 12.8 Å². The van der Waals surface area contributed by atoms with Crippen LogP contribution in [-0.4, -0.2) is 27.9 Å². The van der Waals surface area contributed by atoms with E-state index in [4.69, 9.17) is 5.11 Å². The van der Waals surface area contributed by atoms with Gasteiger partial charge in [0.15, 0.2) is 0 Å². The third-order valence-corrected chi connectivity index (χ3v) is 3.73. The second-order valence-corrected chi connectivity index (χ2v) is 4.87. The topological polar surface area (TPSA) is 87.6 Å². The minimum absolute atomic E-state index is 0.184. The first-order chi connectivity index (χ1) is 9.59. The fourth-order valence-corrected chi connectivity index (χ4v) is 2.73. The fourth-order valence-electron chi connectivity index (χ4n) is 2.73. The van der Waals surface area contributed by atoms with E-state index in [2.05, 4.69) is 4.98 Å². The summed E-state index contributed by atoms with van der Waals surface area (Å²) in [5, 5.41) is 8.93. The van der Waals surface area contributed by atoms with Crippen molar-refractivity contribution in [1.29, 1.82) is 0 Å². The van der Waals surface area contributed by atoms with Gasteiger partial charge >= 0.3 is 5.97 Å². The summed E-state index contributed by atoms with van der Waals surface area (Å²) in [5.41, 5.74) is 0.0953. The zero-order chi connectivity index (χ0) is 14.3. The number of pyridine rings is 1. The Kier molecular flexibility index (Phi) is 2.85. The van der Waals surface area contributed by atoms with E-state index in [0.29, 0.717) is 12.8 Å². The van der Waals surface area contributed by atoms with Gasteiger partial charge in [0, 0.05) is 6.20 Å². The number of carboxylic acid groups (broad SMARTS) is 1. The Morgan fingerprint density at radius 3 is 2.35 bits per heavy atom. The number of anilines is 1. The van der Waals surface area contributed by atoms with Gasteiger partial charge in [-0.25, -0.2) is 14.7 Å². The van der Waals surface area contributed by atoms with Gasteiger partial charge in [-0.15, -0.1) is 0 Å². The van der Waals surface area contributed by atoms with Gasteiger partial charge < -0.3 is 5.11 Å². The predicted octanol–water partition coefficient (Wildman–Crippen LogP) is 1.24. The molecule has 1 aliphatic heterocycles. The number of carbonyl (C=O) groups is 3. The summed E-state index contributed by atoms with van der Waals surface area (Å²) in [6.07, 6.45) is 6.22. The second-order valence-electron chi connectivity index (χ2n) is 4.87. The van der Waals surface area contributed by atoms with Gasteiger partial charge in [-0.1, -0.05) is 12.2 Å². The van der Waals surface area contributed by atoms with Crippen molar-refractivity contribution in [3.63, 3.8) is 0 Å². The molecule has 3 rings (SSSR count). The van der Waals surface area contributed by atoms with Gasteiger partial charge in [-0.2, -0.15) is 0 Å². The van der Waals surface area contributed by atoms with E-state index in [1.165, 1.54) is 18.3 Å². The molecule has 2 unspecified atom stereocenters. The van der Waals surface area contributed by atoms with E-state index in [9.17, 15) is 14.4 Å². The lowest BCUT2D eigenvalue weighted by Crippen LogP contribution is -2.31. The highest BCUT2D eigenvalue weighted by atomic mass is 16.4. The molecule has 1 saturated heterocycles. The average Bonchev–Trinajstić information content (AvgIpc) is 2.72. The van der Waals surface area contributed by atoms with E-state index in [1.54, 1.807) is 0 Å².